The Kier molecular flexibility index (Phi) is 6.47. The third-order valence-corrected chi connectivity index (χ3v) is 4.69. The van der Waals surface area contributed by atoms with Gasteiger partial charge in [-0.15, -0.1) is 0 Å². The molecular weight excluding hydrogens is 338 g/mol. The average Bonchev–Trinajstić information content (AvgIpc) is 2.58. The topological polar surface area (TPSA) is 125 Å². The molecule has 0 radical (unpaired) electrons. The maximum Gasteiger partial charge on any atom is 0.233 e. The Hall–Kier alpha value is -1.33. The van der Waals surface area contributed by atoms with Crippen LogP contribution in [0.15, 0.2) is 35.7 Å². The SMILES string of the molecule is COC1O[C@H](CNS(=O)(=O)/C=C/c2ccccc2)[C@@H](O)C(O)[C@@H]1O. The van der Waals surface area contributed by atoms with Crippen LogP contribution in [0.4, 0.5) is 0 Å². The molecule has 0 saturated carbocycles. The molecule has 0 amide bonds. The van der Waals surface area contributed by atoms with Crippen molar-refractivity contribution < 1.29 is 33.2 Å². The summed E-state index contributed by atoms with van der Waals surface area (Å²) >= 11 is 0. The predicted octanol–water partition coefficient (Wildman–Crippen LogP) is -0.969. The van der Waals surface area contributed by atoms with Crippen molar-refractivity contribution in [2.75, 3.05) is 13.7 Å². The minimum Gasteiger partial charge on any atom is -0.388 e. The molecule has 2 unspecified atom stereocenters. The number of ether oxygens (including phenoxy) is 2. The molecule has 9 heteroatoms. The second-order valence-corrected chi connectivity index (χ2v) is 7.01. The lowest BCUT2D eigenvalue weighted by atomic mass is 9.99. The number of aliphatic hydroxyl groups is 3. The van der Waals surface area contributed by atoms with Gasteiger partial charge in [-0.2, -0.15) is 0 Å². The van der Waals surface area contributed by atoms with Gasteiger partial charge in [-0.3, -0.25) is 0 Å². The molecule has 1 saturated heterocycles. The minimum absolute atomic E-state index is 0.285. The van der Waals surface area contributed by atoms with Gasteiger partial charge in [0.1, 0.15) is 24.4 Å². The van der Waals surface area contributed by atoms with E-state index in [9.17, 15) is 23.7 Å². The van der Waals surface area contributed by atoms with Crippen LogP contribution in [0.1, 0.15) is 5.56 Å². The largest absolute Gasteiger partial charge is 0.388 e. The van der Waals surface area contributed by atoms with E-state index in [0.29, 0.717) is 0 Å². The van der Waals surface area contributed by atoms with Crippen molar-refractivity contribution in [1.29, 1.82) is 0 Å². The van der Waals surface area contributed by atoms with E-state index in [-0.39, 0.29) is 6.54 Å². The van der Waals surface area contributed by atoms with Crippen LogP contribution in [0, 0.1) is 0 Å². The van der Waals surface area contributed by atoms with Crippen LogP contribution < -0.4 is 4.72 Å². The zero-order valence-corrected chi connectivity index (χ0v) is 13.8. The van der Waals surface area contributed by atoms with Crippen molar-refractivity contribution in [2.45, 2.75) is 30.7 Å². The van der Waals surface area contributed by atoms with Crippen LogP contribution in [0.25, 0.3) is 6.08 Å². The fourth-order valence-corrected chi connectivity index (χ4v) is 3.09. The Morgan fingerprint density at radius 1 is 1.17 bits per heavy atom. The average molecular weight is 359 g/mol. The molecule has 5 atom stereocenters. The molecule has 0 aromatic heterocycles. The third-order valence-electron chi connectivity index (χ3n) is 3.63. The number of hydrogen-bond donors (Lipinski definition) is 4. The summed E-state index contributed by atoms with van der Waals surface area (Å²) in [5.41, 5.74) is 0.717. The Morgan fingerprint density at radius 2 is 1.83 bits per heavy atom. The fraction of sp³-hybridized carbons (Fsp3) is 0.467. The maximum absolute atomic E-state index is 12.0. The molecule has 1 heterocycles. The first-order valence-electron chi connectivity index (χ1n) is 7.29. The van der Waals surface area contributed by atoms with Gasteiger partial charge in [0.2, 0.25) is 10.0 Å². The van der Waals surface area contributed by atoms with E-state index < -0.39 is 40.7 Å². The van der Waals surface area contributed by atoms with Gasteiger partial charge in [0.25, 0.3) is 0 Å². The normalized spacial score (nSPS) is 31.4. The Balaban J connectivity index is 1.97. The molecule has 1 aliphatic heterocycles. The van der Waals surface area contributed by atoms with Crippen molar-refractivity contribution in [3.8, 4) is 0 Å². The summed E-state index contributed by atoms with van der Waals surface area (Å²) < 4.78 is 36.3. The van der Waals surface area contributed by atoms with Crippen molar-refractivity contribution >= 4 is 16.1 Å². The molecular formula is C15H21NO7S. The highest BCUT2D eigenvalue weighted by molar-refractivity contribution is 7.92. The molecule has 0 spiro atoms. The van der Waals surface area contributed by atoms with E-state index >= 15 is 0 Å². The van der Waals surface area contributed by atoms with Gasteiger partial charge in [0, 0.05) is 19.1 Å². The van der Waals surface area contributed by atoms with Crippen LogP contribution >= 0.6 is 0 Å². The molecule has 1 aromatic carbocycles. The molecule has 2 rings (SSSR count). The Labute approximate surface area is 140 Å². The number of methoxy groups -OCH3 is 1. The summed E-state index contributed by atoms with van der Waals surface area (Å²) in [5, 5.41) is 30.3. The second kappa shape index (κ2) is 8.17. The number of hydrogen-bond acceptors (Lipinski definition) is 7. The van der Waals surface area contributed by atoms with Gasteiger partial charge < -0.3 is 24.8 Å². The third kappa shape index (κ3) is 4.84. The standard InChI is InChI=1S/C15H21NO7S/c1-22-15-14(19)13(18)12(17)11(23-15)9-16-24(20,21)8-7-10-5-3-2-4-6-10/h2-8,11-19H,9H2,1H3/b8-7+/t11-,12-,13?,14+,15?/m1/s1. The van der Waals surface area contributed by atoms with Crippen molar-refractivity contribution in [1.82, 2.24) is 4.72 Å². The number of nitrogens with one attached hydrogen (secondary N) is 1. The first-order valence-corrected chi connectivity index (χ1v) is 8.84. The van der Waals surface area contributed by atoms with Crippen LogP contribution in [-0.4, -0.2) is 68.1 Å². The smallest absolute Gasteiger partial charge is 0.233 e. The van der Waals surface area contributed by atoms with Gasteiger partial charge in [-0.25, -0.2) is 13.1 Å². The highest BCUT2D eigenvalue weighted by Gasteiger charge is 2.43. The summed E-state index contributed by atoms with van der Waals surface area (Å²) in [6, 6.07) is 8.88. The molecule has 24 heavy (non-hydrogen) atoms. The van der Waals surface area contributed by atoms with E-state index in [2.05, 4.69) is 4.72 Å². The zero-order valence-electron chi connectivity index (χ0n) is 13.0. The molecule has 8 nitrogen and oxygen atoms in total. The molecule has 0 bridgehead atoms. The van der Waals surface area contributed by atoms with E-state index in [1.54, 1.807) is 24.3 Å². The quantitative estimate of drug-likeness (QED) is 0.515. The van der Waals surface area contributed by atoms with Gasteiger partial charge in [-0.05, 0) is 11.6 Å². The molecule has 1 aromatic rings. The monoisotopic (exact) mass is 359 g/mol. The lowest BCUT2D eigenvalue weighted by Crippen LogP contribution is -2.60. The lowest BCUT2D eigenvalue weighted by molar-refractivity contribution is -0.287. The summed E-state index contributed by atoms with van der Waals surface area (Å²) in [5.74, 6) is 0. The zero-order chi connectivity index (χ0) is 17.7. The lowest BCUT2D eigenvalue weighted by Gasteiger charge is -2.39. The highest BCUT2D eigenvalue weighted by atomic mass is 32.2. The summed E-state index contributed by atoms with van der Waals surface area (Å²) in [7, 11) is -2.50. The van der Waals surface area contributed by atoms with E-state index in [1.807, 2.05) is 6.07 Å². The molecule has 4 N–H and O–H groups in total. The summed E-state index contributed by atoms with van der Waals surface area (Å²) in [6.07, 6.45) is -5.16. The summed E-state index contributed by atoms with van der Waals surface area (Å²) in [4.78, 5) is 0. The Bertz CT molecular complexity index is 647. The number of rotatable bonds is 6. The number of aliphatic hydroxyl groups excluding tert-OH is 3. The molecule has 1 aliphatic rings. The first-order chi connectivity index (χ1) is 11.3. The van der Waals surface area contributed by atoms with Crippen LogP contribution in [0.2, 0.25) is 0 Å². The Morgan fingerprint density at radius 3 is 2.46 bits per heavy atom. The fourth-order valence-electron chi connectivity index (χ4n) is 2.26. The minimum atomic E-state index is -3.76. The van der Waals surface area contributed by atoms with Gasteiger partial charge in [-0.1, -0.05) is 30.3 Å². The summed E-state index contributed by atoms with van der Waals surface area (Å²) in [6.45, 7) is -0.285. The highest BCUT2D eigenvalue weighted by Crippen LogP contribution is 2.21. The number of benzene rings is 1. The van der Waals surface area contributed by atoms with Crippen LogP contribution in [0.5, 0.6) is 0 Å². The first kappa shape index (κ1) is 19.0. The molecule has 0 aliphatic carbocycles. The molecule has 134 valence electrons. The maximum atomic E-state index is 12.0. The van der Waals surface area contributed by atoms with Gasteiger partial charge in [0.15, 0.2) is 6.29 Å². The second-order valence-electron chi connectivity index (χ2n) is 5.36. The predicted molar refractivity (Wildman–Crippen MR) is 86.1 cm³/mol. The van der Waals surface area contributed by atoms with E-state index in [4.69, 9.17) is 9.47 Å². The van der Waals surface area contributed by atoms with E-state index in [0.717, 1.165) is 11.0 Å². The van der Waals surface area contributed by atoms with Gasteiger partial charge in [0.05, 0.1) is 0 Å². The molecule has 1 fully saturated rings. The van der Waals surface area contributed by atoms with Gasteiger partial charge >= 0.3 is 0 Å². The van der Waals surface area contributed by atoms with Crippen molar-refractivity contribution in [2.24, 2.45) is 0 Å². The van der Waals surface area contributed by atoms with Crippen LogP contribution in [-0.2, 0) is 19.5 Å². The van der Waals surface area contributed by atoms with Crippen LogP contribution in [0.3, 0.4) is 0 Å². The van der Waals surface area contributed by atoms with Crippen molar-refractivity contribution in [3.63, 3.8) is 0 Å². The van der Waals surface area contributed by atoms with Crippen molar-refractivity contribution in [3.05, 3.63) is 41.3 Å². The number of sulfonamides is 1. The van der Waals surface area contributed by atoms with E-state index in [1.165, 1.54) is 13.2 Å².